The topological polar surface area (TPSA) is 8.17 Å². The SMILES string of the molecule is Cc1ccccc1-c1cc(N(c2ccc3c(c2)C(C)(C)c2ccccc2-3)c2ccc3c(c2)c2ccc4cc(C)c(-c5ccccc5C)cc4c2n3-c2ccccc2)ccc1C. The standard InChI is InChI=1S/C59H48N2/c1-37-16-10-12-20-46(37)51-33-43(26-24-39(51)3)60(45-27-30-49-48-22-14-15-23-55(48)59(5,6)56(49)35-45)44-28-31-57-54(34-44)50-29-25-41-32-40(4)52(47-21-13-11-17-38(47)2)36-53(41)58(50)61(57)42-18-8-7-9-19-42/h7-36H,1-6H3. The average Bonchev–Trinajstić information content (AvgIpc) is 3.73. The molecule has 0 saturated carbocycles. The summed E-state index contributed by atoms with van der Waals surface area (Å²) < 4.78 is 2.48. The molecule has 0 spiro atoms. The highest BCUT2D eigenvalue weighted by atomic mass is 15.1. The van der Waals surface area contributed by atoms with Crippen LogP contribution in [0.4, 0.5) is 17.1 Å². The smallest absolute Gasteiger partial charge is 0.0619 e. The van der Waals surface area contributed by atoms with Crippen molar-refractivity contribution in [2.75, 3.05) is 4.90 Å². The molecule has 2 nitrogen and oxygen atoms in total. The molecule has 0 amide bonds. The lowest BCUT2D eigenvalue weighted by Crippen LogP contribution is -2.16. The third kappa shape index (κ3) is 5.77. The maximum atomic E-state index is 2.48. The van der Waals surface area contributed by atoms with E-state index in [1.807, 2.05) is 0 Å². The normalized spacial score (nSPS) is 12.9. The van der Waals surface area contributed by atoms with Crippen molar-refractivity contribution in [2.24, 2.45) is 0 Å². The number of aryl methyl sites for hydroxylation is 4. The summed E-state index contributed by atoms with van der Waals surface area (Å²) in [6, 6.07) is 67.9. The van der Waals surface area contributed by atoms with Gasteiger partial charge in [-0.15, -0.1) is 0 Å². The second-order valence-corrected chi connectivity index (χ2v) is 17.6. The number of rotatable bonds is 6. The third-order valence-corrected chi connectivity index (χ3v) is 13.5. The zero-order valence-electron chi connectivity index (χ0n) is 35.7. The average molecular weight is 785 g/mol. The monoisotopic (exact) mass is 784 g/mol. The minimum atomic E-state index is -0.128. The molecule has 10 aromatic rings. The number of hydrogen-bond donors (Lipinski definition) is 0. The predicted molar refractivity (Wildman–Crippen MR) is 260 cm³/mol. The van der Waals surface area contributed by atoms with Crippen molar-refractivity contribution in [3.8, 4) is 39.1 Å². The number of nitrogens with zero attached hydrogens (tertiary/aromatic N) is 2. The van der Waals surface area contributed by atoms with E-state index in [0.29, 0.717) is 0 Å². The first-order valence-corrected chi connectivity index (χ1v) is 21.5. The Labute approximate surface area is 359 Å². The highest BCUT2D eigenvalue weighted by molar-refractivity contribution is 6.20. The van der Waals surface area contributed by atoms with Gasteiger partial charge in [0.05, 0.1) is 11.0 Å². The minimum absolute atomic E-state index is 0.128. The third-order valence-electron chi connectivity index (χ3n) is 13.5. The molecule has 0 unspecified atom stereocenters. The van der Waals surface area contributed by atoms with Gasteiger partial charge in [0.15, 0.2) is 0 Å². The van der Waals surface area contributed by atoms with Gasteiger partial charge < -0.3 is 9.47 Å². The van der Waals surface area contributed by atoms with Crippen LogP contribution >= 0.6 is 0 Å². The summed E-state index contributed by atoms with van der Waals surface area (Å²) in [7, 11) is 0. The fourth-order valence-corrected chi connectivity index (χ4v) is 10.3. The molecule has 0 atom stereocenters. The molecule has 1 aromatic heterocycles. The molecule has 0 aliphatic heterocycles. The number of para-hydroxylation sites is 1. The van der Waals surface area contributed by atoms with Crippen LogP contribution in [0.3, 0.4) is 0 Å². The van der Waals surface area contributed by atoms with Crippen molar-refractivity contribution >= 4 is 49.6 Å². The van der Waals surface area contributed by atoms with Crippen molar-refractivity contribution in [2.45, 2.75) is 47.0 Å². The van der Waals surface area contributed by atoms with Crippen LogP contribution in [0.15, 0.2) is 182 Å². The summed E-state index contributed by atoms with van der Waals surface area (Å²) in [5.74, 6) is 0. The van der Waals surface area contributed by atoms with Gasteiger partial charge in [0.2, 0.25) is 0 Å². The first-order valence-electron chi connectivity index (χ1n) is 21.5. The van der Waals surface area contributed by atoms with Crippen LogP contribution in [-0.4, -0.2) is 4.57 Å². The van der Waals surface area contributed by atoms with Crippen LogP contribution in [0.5, 0.6) is 0 Å². The lowest BCUT2D eigenvalue weighted by molar-refractivity contribution is 0.660. The summed E-state index contributed by atoms with van der Waals surface area (Å²) >= 11 is 0. The molecule has 0 bridgehead atoms. The van der Waals surface area contributed by atoms with E-state index >= 15 is 0 Å². The maximum absolute atomic E-state index is 2.48. The summed E-state index contributed by atoms with van der Waals surface area (Å²) in [6.07, 6.45) is 0. The highest BCUT2D eigenvalue weighted by Crippen LogP contribution is 2.51. The van der Waals surface area contributed by atoms with E-state index in [1.165, 1.54) is 99.3 Å². The minimum Gasteiger partial charge on any atom is -0.310 e. The molecule has 11 rings (SSSR count). The van der Waals surface area contributed by atoms with Crippen LogP contribution in [-0.2, 0) is 5.41 Å². The van der Waals surface area contributed by atoms with Crippen LogP contribution in [0.25, 0.3) is 71.6 Å². The summed E-state index contributed by atoms with van der Waals surface area (Å²) in [5.41, 5.74) is 22.4. The first-order chi connectivity index (χ1) is 29.7. The van der Waals surface area contributed by atoms with Crippen molar-refractivity contribution in [3.05, 3.63) is 215 Å². The Bertz CT molecular complexity index is 3380. The van der Waals surface area contributed by atoms with Crippen molar-refractivity contribution in [1.82, 2.24) is 4.57 Å². The van der Waals surface area contributed by atoms with Gasteiger partial charge in [-0.1, -0.05) is 135 Å². The second kappa shape index (κ2) is 14.0. The maximum Gasteiger partial charge on any atom is 0.0619 e. The molecule has 1 heterocycles. The molecular weight excluding hydrogens is 737 g/mol. The van der Waals surface area contributed by atoms with Gasteiger partial charge in [0.25, 0.3) is 0 Å². The van der Waals surface area contributed by atoms with E-state index in [2.05, 4.69) is 233 Å². The van der Waals surface area contributed by atoms with Gasteiger partial charge in [-0.2, -0.15) is 0 Å². The molecule has 1 aliphatic carbocycles. The van der Waals surface area contributed by atoms with E-state index in [4.69, 9.17) is 0 Å². The number of benzene rings is 9. The predicted octanol–water partition coefficient (Wildman–Crippen LogP) is 16.3. The Morgan fingerprint density at radius 1 is 0.377 bits per heavy atom. The van der Waals surface area contributed by atoms with Crippen molar-refractivity contribution < 1.29 is 0 Å². The second-order valence-electron chi connectivity index (χ2n) is 17.6. The van der Waals surface area contributed by atoms with Gasteiger partial charge in [-0.05, 0) is 161 Å². The van der Waals surface area contributed by atoms with Crippen LogP contribution < -0.4 is 4.90 Å². The van der Waals surface area contributed by atoms with E-state index in [9.17, 15) is 0 Å². The number of fused-ring (bicyclic) bond motifs is 8. The van der Waals surface area contributed by atoms with Gasteiger partial charge in [0, 0.05) is 44.3 Å². The van der Waals surface area contributed by atoms with Crippen molar-refractivity contribution in [1.29, 1.82) is 0 Å². The molecule has 0 saturated heterocycles. The van der Waals surface area contributed by atoms with E-state index in [1.54, 1.807) is 0 Å². The molecule has 0 N–H and O–H groups in total. The van der Waals surface area contributed by atoms with Crippen LogP contribution in [0.2, 0.25) is 0 Å². The van der Waals surface area contributed by atoms with Crippen molar-refractivity contribution in [3.63, 3.8) is 0 Å². The largest absolute Gasteiger partial charge is 0.310 e. The number of aromatic nitrogens is 1. The lowest BCUT2D eigenvalue weighted by atomic mass is 9.82. The Morgan fingerprint density at radius 2 is 0.951 bits per heavy atom. The first kappa shape index (κ1) is 36.9. The molecule has 1 aliphatic rings. The molecule has 294 valence electrons. The Kier molecular flexibility index (Phi) is 8.44. The van der Waals surface area contributed by atoms with E-state index in [0.717, 1.165) is 22.7 Å². The Morgan fingerprint density at radius 3 is 1.69 bits per heavy atom. The molecular formula is C59H48N2. The van der Waals surface area contributed by atoms with Gasteiger partial charge in [-0.3, -0.25) is 0 Å². The van der Waals surface area contributed by atoms with E-state index in [-0.39, 0.29) is 5.41 Å². The molecule has 2 heteroatoms. The quantitative estimate of drug-likeness (QED) is 0.163. The zero-order chi connectivity index (χ0) is 41.6. The molecule has 61 heavy (non-hydrogen) atoms. The van der Waals surface area contributed by atoms with Gasteiger partial charge in [-0.25, -0.2) is 0 Å². The summed E-state index contributed by atoms with van der Waals surface area (Å²) in [5, 5.41) is 4.96. The zero-order valence-corrected chi connectivity index (χ0v) is 35.7. The molecule has 0 fully saturated rings. The van der Waals surface area contributed by atoms with Crippen LogP contribution in [0, 0.1) is 27.7 Å². The fourth-order valence-electron chi connectivity index (χ4n) is 10.3. The Hall–Kier alpha value is -7.16. The Balaban J connectivity index is 1.18. The molecule has 0 radical (unpaired) electrons. The van der Waals surface area contributed by atoms with Gasteiger partial charge >= 0.3 is 0 Å². The summed E-state index contributed by atoms with van der Waals surface area (Å²) in [4.78, 5) is 2.48. The lowest BCUT2D eigenvalue weighted by Gasteiger charge is -2.29. The highest BCUT2D eigenvalue weighted by Gasteiger charge is 2.36. The van der Waals surface area contributed by atoms with Crippen LogP contribution in [0.1, 0.15) is 47.2 Å². The van der Waals surface area contributed by atoms with E-state index < -0.39 is 0 Å². The number of hydrogen-bond acceptors (Lipinski definition) is 1. The summed E-state index contributed by atoms with van der Waals surface area (Å²) in [6.45, 7) is 13.6. The molecule has 9 aromatic carbocycles. The fraction of sp³-hybridized carbons (Fsp3) is 0.119. The number of anilines is 3. The van der Waals surface area contributed by atoms with Gasteiger partial charge in [0.1, 0.15) is 0 Å².